The van der Waals surface area contributed by atoms with Crippen molar-refractivity contribution in [2.45, 2.75) is 24.0 Å². The molecule has 27 heavy (non-hydrogen) atoms. The van der Waals surface area contributed by atoms with Crippen molar-refractivity contribution in [2.24, 2.45) is 10.7 Å². The molecule has 3 rings (SSSR count). The molecule has 1 atom stereocenters. The zero-order valence-electron chi connectivity index (χ0n) is 15.6. The molecule has 0 radical (unpaired) electrons. The van der Waals surface area contributed by atoms with E-state index in [0.29, 0.717) is 12.8 Å². The molecule has 0 unspecified atom stereocenters. The Kier molecular flexibility index (Phi) is 4.78. The number of carbonyl (C=O) groups excluding carboxylic acids is 2. The lowest BCUT2D eigenvalue weighted by molar-refractivity contribution is -0.149. The minimum atomic E-state index is -1.05. The molecular weight excluding hydrogens is 346 g/mol. The second-order valence-electron chi connectivity index (χ2n) is 6.79. The minimum absolute atomic E-state index is 0.132. The minimum Gasteiger partial charge on any atom is -0.497 e. The highest BCUT2D eigenvalue weighted by Crippen LogP contribution is 2.43. The van der Waals surface area contributed by atoms with Crippen LogP contribution in [0.1, 0.15) is 12.0 Å². The largest absolute Gasteiger partial charge is 0.497 e. The smallest absolute Gasteiger partial charge is 0.333 e. The second kappa shape index (κ2) is 6.90. The van der Waals surface area contributed by atoms with Crippen molar-refractivity contribution in [1.82, 2.24) is 4.90 Å². The van der Waals surface area contributed by atoms with Gasteiger partial charge in [-0.2, -0.15) is 0 Å². The van der Waals surface area contributed by atoms with E-state index in [-0.39, 0.29) is 11.7 Å². The zero-order valence-corrected chi connectivity index (χ0v) is 15.6. The molecule has 1 aromatic rings. The van der Waals surface area contributed by atoms with Crippen LogP contribution in [0.3, 0.4) is 0 Å². The molecule has 2 aliphatic rings. The third kappa shape index (κ3) is 3.32. The first-order valence-corrected chi connectivity index (χ1v) is 8.59. The molecule has 0 amide bonds. The predicted molar refractivity (Wildman–Crippen MR) is 101 cm³/mol. The molecular formula is C20H23N3O4. The van der Waals surface area contributed by atoms with Gasteiger partial charge in [-0.3, -0.25) is 9.79 Å². The molecule has 0 aromatic heterocycles. The Bertz CT molecular complexity index is 825. The Morgan fingerprint density at radius 2 is 1.89 bits per heavy atom. The van der Waals surface area contributed by atoms with Crippen LogP contribution < -0.4 is 10.5 Å². The van der Waals surface area contributed by atoms with Gasteiger partial charge in [0.05, 0.1) is 7.11 Å². The predicted octanol–water partition coefficient (Wildman–Crippen LogP) is 1.23. The molecule has 142 valence electrons. The third-order valence-corrected chi connectivity index (χ3v) is 5.16. The number of nitrogens with two attached hydrogens (primary N) is 1. The maximum Gasteiger partial charge on any atom is 0.333 e. The van der Waals surface area contributed by atoms with Gasteiger partial charge in [-0.25, -0.2) is 4.79 Å². The number of hydrogen-bond acceptors (Lipinski definition) is 5. The van der Waals surface area contributed by atoms with E-state index < -0.39 is 17.1 Å². The number of allylic oxidation sites excluding steroid dienone is 2. The van der Waals surface area contributed by atoms with Gasteiger partial charge < -0.3 is 20.1 Å². The number of ether oxygens (including phenoxy) is 2. The lowest BCUT2D eigenvalue weighted by atomic mass is 9.80. The number of methoxy groups -OCH3 is 1. The summed E-state index contributed by atoms with van der Waals surface area (Å²) in [5.74, 6) is 0.429. The van der Waals surface area contributed by atoms with Crippen LogP contribution in [-0.4, -0.2) is 55.0 Å². The Balaban J connectivity index is 2.00. The van der Waals surface area contributed by atoms with Gasteiger partial charge in [0.25, 0.3) is 0 Å². The number of rotatable bonds is 4. The van der Waals surface area contributed by atoms with E-state index >= 15 is 0 Å². The van der Waals surface area contributed by atoms with Crippen LogP contribution >= 0.6 is 0 Å². The average molecular weight is 369 g/mol. The van der Waals surface area contributed by atoms with Crippen LogP contribution in [0.15, 0.2) is 53.6 Å². The number of ketones is 1. The molecule has 1 aromatic carbocycles. The molecule has 0 saturated carbocycles. The summed E-state index contributed by atoms with van der Waals surface area (Å²) in [6, 6.07) is 7.50. The fraction of sp³-hybridized carbons (Fsp3) is 0.350. The molecule has 1 aliphatic carbocycles. The summed E-state index contributed by atoms with van der Waals surface area (Å²) < 4.78 is 10.9. The highest BCUT2D eigenvalue weighted by atomic mass is 16.6. The van der Waals surface area contributed by atoms with E-state index in [1.54, 1.807) is 38.3 Å². The SMILES string of the molecule is CN=C(N)N(C)[C@]1(Cc2ccc(OC)cc2)CC2(C=CC(=O)C=C2)OC1=O. The summed E-state index contributed by atoms with van der Waals surface area (Å²) in [7, 11) is 4.90. The van der Waals surface area contributed by atoms with Crippen molar-refractivity contribution >= 4 is 17.7 Å². The Morgan fingerprint density at radius 1 is 1.26 bits per heavy atom. The van der Waals surface area contributed by atoms with Crippen molar-refractivity contribution in [3.63, 3.8) is 0 Å². The van der Waals surface area contributed by atoms with E-state index in [4.69, 9.17) is 15.2 Å². The van der Waals surface area contributed by atoms with Gasteiger partial charge in [0.2, 0.25) is 0 Å². The number of hydrogen-bond donors (Lipinski definition) is 1. The van der Waals surface area contributed by atoms with Gasteiger partial charge in [0, 0.05) is 26.9 Å². The zero-order chi connectivity index (χ0) is 19.7. The Hall–Kier alpha value is -3.09. The topological polar surface area (TPSA) is 94.2 Å². The summed E-state index contributed by atoms with van der Waals surface area (Å²) in [6.45, 7) is 0. The number of esters is 1. The molecule has 7 heteroatoms. The summed E-state index contributed by atoms with van der Waals surface area (Å²) in [4.78, 5) is 30.3. The van der Waals surface area contributed by atoms with Gasteiger partial charge in [-0.05, 0) is 42.0 Å². The molecule has 1 heterocycles. The van der Waals surface area contributed by atoms with E-state index in [0.717, 1.165) is 11.3 Å². The van der Waals surface area contributed by atoms with E-state index in [9.17, 15) is 9.59 Å². The maximum atomic E-state index is 13.1. The van der Waals surface area contributed by atoms with E-state index in [2.05, 4.69) is 4.99 Å². The van der Waals surface area contributed by atoms with Crippen LogP contribution in [-0.2, 0) is 20.7 Å². The molecule has 2 N–H and O–H groups in total. The summed E-state index contributed by atoms with van der Waals surface area (Å²) in [6.07, 6.45) is 6.81. The fourth-order valence-electron chi connectivity index (χ4n) is 3.54. The summed E-state index contributed by atoms with van der Waals surface area (Å²) in [5, 5.41) is 0. The van der Waals surface area contributed by atoms with E-state index in [1.165, 1.54) is 12.2 Å². The lowest BCUT2D eigenvalue weighted by Gasteiger charge is -2.36. The summed E-state index contributed by atoms with van der Waals surface area (Å²) in [5.41, 5.74) is 4.97. The number of benzene rings is 1. The number of nitrogens with zero attached hydrogens (tertiary/aromatic N) is 2. The van der Waals surface area contributed by atoms with Crippen molar-refractivity contribution in [2.75, 3.05) is 21.2 Å². The molecule has 1 spiro atoms. The highest BCUT2D eigenvalue weighted by Gasteiger charge is 2.58. The van der Waals surface area contributed by atoms with Crippen molar-refractivity contribution in [3.05, 3.63) is 54.1 Å². The molecule has 0 bridgehead atoms. The van der Waals surface area contributed by atoms with Crippen LogP contribution in [0.25, 0.3) is 0 Å². The Morgan fingerprint density at radius 3 is 2.44 bits per heavy atom. The monoisotopic (exact) mass is 369 g/mol. The van der Waals surface area contributed by atoms with Gasteiger partial charge in [0.15, 0.2) is 17.3 Å². The number of aliphatic imine (C=N–C) groups is 1. The van der Waals surface area contributed by atoms with Crippen molar-refractivity contribution in [3.8, 4) is 5.75 Å². The van der Waals surface area contributed by atoms with Gasteiger partial charge in [-0.1, -0.05) is 12.1 Å². The Labute approximate surface area is 158 Å². The molecule has 1 saturated heterocycles. The van der Waals surface area contributed by atoms with Crippen LogP contribution in [0.5, 0.6) is 5.75 Å². The normalized spacial score (nSPS) is 23.6. The van der Waals surface area contributed by atoms with E-state index in [1.807, 2.05) is 24.3 Å². The first-order chi connectivity index (χ1) is 12.8. The maximum absolute atomic E-state index is 13.1. The van der Waals surface area contributed by atoms with Crippen LogP contribution in [0.4, 0.5) is 0 Å². The number of guanidine groups is 1. The lowest BCUT2D eigenvalue weighted by Crippen LogP contribution is -2.57. The highest BCUT2D eigenvalue weighted by molar-refractivity contribution is 6.01. The summed E-state index contributed by atoms with van der Waals surface area (Å²) >= 11 is 0. The number of carbonyl (C=O) groups is 2. The van der Waals surface area contributed by atoms with Crippen molar-refractivity contribution < 1.29 is 19.1 Å². The fourth-order valence-corrected chi connectivity index (χ4v) is 3.54. The van der Waals surface area contributed by atoms with Crippen LogP contribution in [0, 0.1) is 0 Å². The molecule has 1 fully saturated rings. The van der Waals surface area contributed by atoms with Gasteiger partial charge in [0.1, 0.15) is 11.3 Å². The average Bonchev–Trinajstić information content (AvgIpc) is 2.96. The van der Waals surface area contributed by atoms with Crippen LogP contribution in [0.2, 0.25) is 0 Å². The molecule has 7 nitrogen and oxygen atoms in total. The second-order valence-corrected chi connectivity index (χ2v) is 6.79. The first kappa shape index (κ1) is 18.7. The quantitative estimate of drug-likeness (QED) is 0.487. The first-order valence-electron chi connectivity index (χ1n) is 8.59. The molecule has 1 aliphatic heterocycles. The third-order valence-electron chi connectivity index (χ3n) is 5.16. The van der Waals surface area contributed by atoms with Gasteiger partial charge in [-0.15, -0.1) is 0 Å². The van der Waals surface area contributed by atoms with Gasteiger partial charge >= 0.3 is 5.97 Å². The number of likely N-dealkylation sites (N-methyl/N-ethyl adjacent to an activating group) is 1. The van der Waals surface area contributed by atoms with Crippen molar-refractivity contribution in [1.29, 1.82) is 0 Å². The standard InChI is InChI=1S/C20H23N3O4/c1-22-18(21)23(2)20(12-14-4-6-16(26-3)7-5-14)13-19(27-17(20)25)10-8-15(24)9-11-19/h4-11H,12-13H2,1-3H3,(H2,21,22)/t20-/m1/s1.